The number of imide groups is 1. The number of fused-ring (bicyclic) bond motifs is 1. The number of carbonyl (C=O) groups is 3. The molecule has 1 aromatic rings. The third-order valence-electron chi connectivity index (χ3n) is 4.53. The molecule has 1 aliphatic carbocycles. The molecule has 0 radical (unpaired) electrons. The molecular weight excluding hydrogens is 258 g/mol. The van der Waals surface area contributed by atoms with Gasteiger partial charge in [-0.05, 0) is 31.9 Å². The summed E-state index contributed by atoms with van der Waals surface area (Å²) in [6, 6.07) is 6.08. The van der Waals surface area contributed by atoms with Gasteiger partial charge in [0.1, 0.15) is 0 Å². The monoisotopic (exact) mass is 273 g/mol. The van der Waals surface area contributed by atoms with Crippen LogP contribution in [0.2, 0.25) is 0 Å². The van der Waals surface area contributed by atoms with E-state index < -0.39 is 17.4 Å². The molecule has 1 heterocycles. The summed E-state index contributed by atoms with van der Waals surface area (Å²) in [5.41, 5.74) is -0.304. The Balaban J connectivity index is 2.03. The highest BCUT2D eigenvalue weighted by Crippen LogP contribution is 2.43. The molecule has 2 amide bonds. The van der Waals surface area contributed by atoms with Crippen molar-refractivity contribution >= 4 is 17.8 Å². The van der Waals surface area contributed by atoms with Gasteiger partial charge < -0.3 is 5.11 Å². The van der Waals surface area contributed by atoms with E-state index in [2.05, 4.69) is 0 Å². The molecule has 3 rings (SSSR count). The van der Waals surface area contributed by atoms with Crippen molar-refractivity contribution in [1.29, 1.82) is 0 Å². The highest BCUT2D eigenvalue weighted by molar-refractivity contribution is 6.21. The lowest BCUT2D eigenvalue weighted by atomic mass is 9.84. The molecule has 1 N–H and O–H groups in total. The van der Waals surface area contributed by atoms with Crippen LogP contribution in [0.4, 0.5) is 0 Å². The zero-order chi connectivity index (χ0) is 14.5. The Bertz CT molecular complexity index is 589. The maximum Gasteiger partial charge on any atom is 0.311 e. The highest BCUT2D eigenvalue weighted by atomic mass is 16.4. The molecule has 0 bridgehead atoms. The van der Waals surface area contributed by atoms with Gasteiger partial charge in [0.2, 0.25) is 0 Å². The minimum atomic E-state index is -1.05. The van der Waals surface area contributed by atoms with E-state index in [1.54, 1.807) is 31.2 Å². The normalized spacial score (nSPS) is 28.9. The first-order valence-corrected chi connectivity index (χ1v) is 6.67. The zero-order valence-corrected chi connectivity index (χ0v) is 11.1. The second-order valence-electron chi connectivity index (χ2n) is 5.66. The predicted octanol–water partition coefficient (Wildman–Crippen LogP) is 1.93. The van der Waals surface area contributed by atoms with Crippen LogP contribution in [-0.4, -0.2) is 33.8 Å². The summed E-state index contributed by atoms with van der Waals surface area (Å²) in [5, 5.41) is 9.44. The predicted molar refractivity (Wildman–Crippen MR) is 70.3 cm³/mol. The molecule has 1 aliphatic heterocycles. The number of carboxylic acids is 1. The van der Waals surface area contributed by atoms with Crippen LogP contribution in [0.3, 0.4) is 0 Å². The summed E-state index contributed by atoms with van der Waals surface area (Å²) < 4.78 is 0. The van der Waals surface area contributed by atoms with Crippen molar-refractivity contribution in [3.8, 4) is 0 Å². The van der Waals surface area contributed by atoms with Gasteiger partial charge in [0.05, 0.1) is 22.6 Å². The Hall–Kier alpha value is -2.17. The molecule has 104 valence electrons. The van der Waals surface area contributed by atoms with Crippen LogP contribution >= 0.6 is 0 Å². The summed E-state index contributed by atoms with van der Waals surface area (Å²) in [6.07, 6.45) is 1.75. The highest BCUT2D eigenvalue weighted by Gasteiger charge is 2.53. The smallest absolute Gasteiger partial charge is 0.311 e. The molecule has 1 fully saturated rings. The van der Waals surface area contributed by atoms with Crippen molar-refractivity contribution in [2.75, 3.05) is 0 Å². The average Bonchev–Trinajstić information content (AvgIpc) is 2.92. The Morgan fingerprint density at radius 2 is 1.80 bits per heavy atom. The summed E-state index contributed by atoms with van der Waals surface area (Å²) in [7, 11) is 0. The number of aliphatic carboxylic acids is 1. The molecule has 2 atom stereocenters. The lowest BCUT2D eigenvalue weighted by Gasteiger charge is -2.33. The van der Waals surface area contributed by atoms with E-state index in [4.69, 9.17) is 0 Å². The van der Waals surface area contributed by atoms with Crippen molar-refractivity contribution in [3.05, 3.63) is 35.4 Å². The van der Waals surface area contributed by atoms with Crippen molar-refractivity contribution in [1.82, 2.24) is 4.90 Å². The van der Waals surface area contributed by atoms with Crippen LogP contribution in [-0.2, 0) is 4.79 Å². The van der Waals surface area contributed by atoms with Gasteiger partial charge >= 0.3 is 5.97 Å². The van der Waals surface area contributed by atoms with Gasteiger partial charge in [0.15, 0.2) is 0 Å². The third kappa shape index (κ3) is 1.52. The van der Waals surface area contributed by atoms with E-state index in [-0.39, 0.29) is 11.8 Å². The average molecular weight is 273 g/mol. The standard InChI is InChI=1S/C15H15NO4/c1-15(14(19)20)8-4-7-11(15)16-12(17)9-5-2-3-6-10(9)13(16)18/h2-3,5-6,11H,4,7-8H2,1H3,(H,19,20). The first-order valence-electron chi connectivity index (χ1n) is 6.67. The number of carbonyl (C=O) groups excluding carboxylic acids is 2. The topological polar surface area (TPSA) is 74.7 Å². The number of carboxylic acid groups (broad SMARTS) is 1. The zero-order valence-electron chi connectivity index (χ0n) is 11.1. The second-order valence-corrected chi connectivity index (χ2v) is 5.66. The van der Waals surface area contributed by atoms with E-state index in [0.29, 0.717) is 30.4 Å². The lowest BCUT2D eigenvalue weighted by molar-refractivity contribution is -0.149. The largest absolute Gasteiger partial charge is 0.481 e. The van der Waals surface area contributed by atoms with Crippen LogP contribution in [0.25, 0.3) is 0 Å². The number of hydrogen-bond donors (Lipinski definition) is 1. The quantitative estimate of drug-likeness (QED) is 0.835. The van der Waals surface area contributed by atoms with Crippen molar-refractivity contribution < 1.29 is 19.5 Å². The van der Waals surface area contributed by atoms with Gasteiger partial charge in [-0.15, -0.1) is 0 Å². The van der Waals surface area contributed by atoms with Crippen LogP contribution in [0.1, 0.15) is 46.9 Å². The van der Waals surface area contributed by atoms with Crippen molar-refractivity contribution in [2.45, 2.75) is 32.2 Å². The van der Waals surface area contributed by atoms with Gasteiger partial charge in [-0.2, -0.15) is 0 Å². The number of rotatable bonds is 2. The summed E-state index contributed by atoms with van der Waals surface area (Å²) in [6.45, 7) is 1.62. The van der Waals surface area contributed by atoms with Crippen LogP contribution in [0, 0.1) is 5.41 Å². The fraction of sp³-hybridized carbons (Fsp3) is 0.400. The molecule has 5 heteroatoms. The molecule has 1 aromatic carbocycles. The molecule has 5 nitrogen and oxygen atoms in total. The Labute approximate surface area is 116 Å². The Morgan fingerprint density at radius 3 is 2.30 bits per heavy atom. The Kier molecular flexibility index (Phi) is 2.67. The number of hydrogen-bond acceptors (Lipinski definition) is 3. The Morgan fingerprint density at radius 1 is 1.25 bits per heavy atom. The molecule has 0 spiro atoms. The lowest BCUT2D eigenvalue weighted by Crippen LogP contribution is -2.49. The van der Waals surface area contributed by atoms with E-state index >= 15 is 0 Å². The van der Waals surface area contributed by atoms with Crippen LogP contribution in [0.15, 0.2) is 24.3 Å². The first kappa shape index (κ1) is 12.8. The molecule has 0 aromatic heterocycles. The molecule has 20 heavy (non-hydrogen) atoms. The number of benzene rings is 1. The van der Waals surface area contributed by atoms with Gasteiger partial charge in [-0.25, -0.2) is 0 Å². The van der Waals surface area contributed by atoms with E-state index in [0.717, 1.165) is 4.90 Å². The number of nitrogens with zero attached hydrogens (tertiary/aromatic N) is 1. The van der Waals surface area contributed by atoms with Crippen molar-refractivity contribution in [3.63, 3.8) is 0 Å². The van der Waals surface area contributed by atoms with Gasteiger partial charge in [0, 0.05) is 0 Å². The number of amides is 2. The fourth-order valence-corrected chi connectivity index (χ4v) is 3.30. The third-order valence-corrected chi connectivity index (χ3v) is 4.53. The molecular formula is C15H15NO4. The van der Waals surface area contributed by atoms with Crippen LogP contribution in [0.5, 0.6) is 0 Å². The maximum absolute atomic E-state index is 12.4. The first-order chi connectivity index (χ1) is 9.47. The summed E-state index contributed by atoms with van der Waals surface area (Å²) in [4.78, 5) is 37.5. The second kappa shape index (κ2) is 4.16. The van der Waals surface area contributed by atoms with E-state index in [1.165, 1.54) is 0 Å². The molecule has 0 saturated heterocycles. The molecule has 2 aliphatic rings. The maximum atomic E-state index is 12.4. The minimum absolute atomic E-state index is 0.370. The summed E-state index contributed by atoms with van der Waals surface area (Å²) >= 11 is 0. The fourth-order valence-electron chi connectivity index (χ4n) is 3.30. The summed E-state index contributed by atoms with van der Waals surface area (Å²) in [5.74, 6) is -1.69. The van der Waals surface area contributed by atoms with Gasteiger partial charge in [-0.1, -0.05) is 18.6 Å². The van der Waals surface area contributed by atoms with Crippen LogP contribution < -0.4 is 0 Å². The van der Waals surface area contributed by atoms with Gasteiger partial charge in [-0.3, -0.25) is 19.3 Å². The molecule has 2 unspecified atom stereocenters. The molecule has 1 saturated carbocycles. The van der Waals surface area contributed by atoms with Crippen molar-refractivity contribution in [2.24, 2.45) is 5.41 Å². The van der Waals surface area contributed by atoms with E-state index in [9.17, 15) is 19.5 Å². The van der Waals surface area contributed by atoms with Gasteiger partial charge in [0.25, 0.3) is 11.8 Å². The van der Waals surface area contributed by atoms with E-state index in [1.807, 2.05) is 0 Å². The SMILES string of the molecule is CC1(C(=O)O)CCCC1N1C(=O)c2ccccc2C1=O. The minimum Gasteiger partial charge on any atom is -0.481 e.